The van der Waals surface area contributed by atoms with Crippen LogP contribution in [0.2, 0.25) is 0 Å². The van der Waals surface area contributed by atoms with E-state index in [0.29, 0.717) is 16.7 Å². The van der Waals surface area contributed by atoms with Crippen molar-refractivity contribution in [1.82, 2.24) is 15.0 Å². The van der Waals surface area contributed by atoms with Gasteiger partial charge in [-0.3, -0.25) is 14.9 Å². The van der Waals surface area contributed by atoms with Gasteiger partial charge in [0.05, 0.1) is 11.4 Å². The molecule has 2 aromatic heterocycles. The summed E-state index contributed by atoms with van der Waals surface area (Å²) < 4.78 is 0. The van der Waals surface area contributed by atoms with Crippen LogP contribution in [0.5, 0.6) is 0 Å². The molecule has 6 nitrogen and oxygen atoms in total. The van der Waals surface area contributed by atoms with E-state index < -0.39 is 5.91 Å². The molecule has 24 heavy (non-hydrogen) atoms. The molecule has 1 aromatic carbocycles. The number of hydrogen-bond acceptors (Lipinski definition) is 6. The minimum absolute atomic E-state index is 0.0826. The van der Waals surface area contributed by atoms with Crippen LogP contribution in [0.4, 0.5) is 5.13 Å². The Balaban J connectivity index is 1.78. The number of thioether (sulfide) groups is 1. The average Bonchev–Trinajstić information content (AvgIpc) is 3.04. The topological polar surface area (TPSA) is 87.7 Å². The van der Waals surface area contributed by atoms with Crippen LogP contribution in [0.15, 0.2) is 46.6 Å². The summed E-state index contributed by atoms with van der Waals surface area (Å²) in [6, 6.07) is 10.9. The molecule has 3 aromatic rings. The van der Waals surface area contributed by atoms with Gasteiger partial charge in [-0.2, -0.15) is 11.8 Å². The predicted octanol–water partition coefficient (Wildman–Crippen LogP) is 3.01. The molecule has 0 aliphatic heterocycles. The van der Waals surface area contributed by atoms with E-state index in [1.807, 2.05) is 42.0 Å². The Morgan fingerprint density at radius 3 is 2.83 bits per heavy atom. The lowest BCUT2D eigenvalue weighted by molar-refractivity contribution is 0.102. The minimum atomic E-state index is -0.447. The summed E-state index contributed by atoms with van der Waals surface area (Å²) in [7, 11) is 0. The van der Waals surface area contributed by atoms with Crippen LogP contribution >= 0.6 is 23.1 Å². The first-order chi connectivity index (χ1) is 11.7. The molecule has 0 radical (unpaired) electrons. The molecule has 2 heterocycles. The molecule has 0 spiro atoms. The Hall–Kier alpha value is -2.45. The lowest BCUT2D eigenvalue weighted by Gasteiger charge is -2.03. The molecule has 0 saturated heterocycles. The Morgan fingerprint density at radius 2 is 2.08 bits per heavy atom. The predicted molar refractivity (Wildman–Crippen MR) is 97.6 cm³/mol. The van der Waals surface area contributed by atoms with E-state index in [1.54, 1.807) is 0 Å². The molecule has 0 unspecified atom stereocenters. The van der Waals surface area contributed by atoms with E-state index in [0.717, 1.165) is 11.3 Å². The number of H-pyrrole nitrogens is 1. The third-order valence-electron chi connectivity index (χ3n) is 3.10. The lowest BCUT2D eigenvalue weighted by Crippen LogP contribution is -2.20. The number of amides is 1. The van der Waals surface area contributed by atoms with Gasteiger partial charge < -0.3 is 4.98 Å². The molecule has 0 aliphatic rings. The molecule has 0 bridgehead atoms. The molecule has 0 fully saturated rings. The number of rotatable bonds is 5. The van der Waals surface area contributed by atoms with Gasteiger partial charge in [-0.25, -0.2) is 9.97 Å². The molecule has 2 N–H and O–H groups in total. The average molecular weight is 358 g/mol. The van der Waals surface area contributed by atoms with Gasteiger partial charge in [0.1, 0.15) is 11.5 Å². The molecular formula is C16H14N4O2S2. The highest BCUT2D eigenvalue weighted by Gasteiger charge is 2.13. The van der Waals surface area contributed by atoms with E-state index in [2.05, 4.69) is 20.3 Å². The summed E-state index contributed by atoms with van der Waals surface area (Å²) in [5, 5.41) is 5.03. The number of hydrogen-bond donors (Lipinski definition) is 2. The fourth-order valence-electron chi connectivity index (χ4n) is 2.06. The van der Waals surface area contributed by atoms with Crippen molar-refractivity contribution >= 4 is 34.1 Å². The SMILES string of the molecule is CSCc1nc(C(=O)Nc2nc(-c3ccccc3)cs2)cc(=O)[nH]1. The van der Waals surface area contributed by atoms with Crippen molar-refractivity contribution in [2.45, 2.75) is 5.75 Å². The second-order valence-corrected chi connectivity index (χ2v) is 6.59. The van der Waals surface area contributed by atoms with Gasteiger partial charge in [-0.1, -0.05) is 30.3 Å². The highest BCUT2D eigenvalue weighted by molar-refractivity contribution is 7.97. The maximum absolute atomic E-state index is 12.3. The van der Waals surface area contributed by atoms with Crippen LogP contribution in [-0.4, -0.2) is 27.1 Å². The summed E-state index contributed by atoms with van der Waals surface area (Å²) in [5.74, 6) is 0.563. The Labute approximate surface area is 146 Å². The van der Waals surface area contributed by atoms with Gasteiger partial charge in [-0.05, 0) is 6.26 Å². The first-order valence-corrected chi connectivity index (χ1v) is 9.34. The van der Waals surface area contributed by atoms with Crippen molar-refractivity contribution in [3.63, 3.8) is 0 Å². The van der Waals surface area contributed by atoms with Crippen molar-refractivity contribution in [2.24, 2.45) is 0 Å². The third-order valence-corrected chi connectivity index (χ3v) is 4.42. The summed E-state index contributed by atoms with van der Waals surface area (Å²) in [6.07, 6.45) is 1.90. The molecular weight excluding hydrogens is 344 g/mol. The van der Waals surface area contributed by atoms with E-state index in [-0.39, 0.29) is 11.3 Å². The normalized spacial score (nSPS) is 10.5. The van der Waals surface area contributed by atoms with Gasteiger partial charge in [0.25, 0.3) is 11.5 Å². The maximum atomic E-state index is 12.3. The Bertz CT molecular complexity index is 906. The van der Waals surface area contributed by atoms with E-state index in [1.165, 1.54) is 29.2 Å². The van der Waals surface area contributed by atoms with Crippen LogP contribution in [0.25, 0.3) is 11.3 Å². The number of aromatic nitrogens is 3. The minimum Gasteiger partial charge on any atom is -0.310 e. The number of carbonyl (C=O) groups excluding carboxylic acids is 1. The highest BCUT2D eigenvalue weighted by atomic mass is 32.2. The highest BCUT2D eigenvalue weighted by Crippen LogP contribution is 2.24. The van der Waals surface area contributed by atoms with Crippen molar-refractivity contribution in [1.29, 1.82) is 0 Å². The number of nitrogens with one attached hydrogen (secondary N) is 2. The molecule has 0 atom stereocenters. The fraction of sp³-hybridized carbons (Fsp3) is 0.125. The second-order valence-electron chi connectivity index (χ2n) is 4.87. The quantitative estimate of drug-likeness (QED) is 0.732. The molecule has 0 saturated carbocycles. The van der Waals surface area contributed by atoms with Gasteiger partial charge in [0, 0.05) is 17.0 Å². The molecule has 3 rings (SSSR count). The van der Waals surface area contributed by atoms with E-state index in [9.17, 15) is 9.59 Å². The largest absolute Gasteiger partial charge is 0.310 e. The summed E-state index contributed by atoms with van der Waals surface area (Å²) >= 11 is 2.84. The van der Waals surface area contributed by atoms with E-state index >= 15 is 0 Å². The van der Waals surface area contributed by atoms with Crippen LogP contribution in [0.3, 0.4) is 0 Å². The number of aromatic amines is 1. The Morgan fingerprint density at radius 1 is 1.29 bits per heavy atom. The maximum Gasteiger partial charge on any atom is 0.276 e. The molecule has 1 amide bonds. The molecule has 0 aliphatic carbocycles. The van der Waals surface area contributed by atoms with E-state index in [4.69, 9.17) is 0 Å². The van der Waals surface area contributed by atoms with Crippen LogP contribution in [0.1, 0.15) is 16.3 Å². The monoisotopic (exact) mass is 358 g/mol. The second kappa shape index (κ2) is 7.41. The number of nitrogens with zero attached hydrogens (tertiary/aromatic N) is 2. The zero-order valence-corrected chi connectivity index (χ0v) is 14.4. The standard InChI is InChI=1S/C16H14N4O2S2/c1-23-9-13-17-11(7-14(21)19-13)15(22)20-16-18-12(8-24-16)10-5-3-2-4-6-10/h2-8H,9H2,1H3,(H,17,19,21)(H,18,20,22). The first kappa shape index (κ1) is 16.4. The van der Waals surface area contributed by atoms with Gasteiger partial charge >= 0.3 is 0 Å². The van der Waals surface area contributed by atoms with Gasteiger partial charge in [-0.15, -0.1) is 11.3 Å². The smallest absolute Gasteiger partial charge is 0.276 e. The van der Waals surface area contributed by atoms with Crippen LogP contribution in [0, 0.1) is 0 Å². The first-order valence-electron chi connectivity index (χ1n) is 7.07. The molecule has 8 heteroatoms. The fourth-order valence-corrected chi connectivity index (χ4v) is 3.19. The lowest BCUT2D eigenvalue weighted by atomic mass is 10.2. The summed E-state index contributed by atoms with van der Waals surface area (Å²) in [4.78, 5) is 35.1. The van der Waals surface area contributed by atoms with Gasteiger partial charge in [0.2, 0.25) is 0 Å². The zero-order chi connectivity index (χ0) is 16.9. The number of benzene rings is 1. The van der Waals surface area contributed by atoms with Crippen LogP contribution in [-0.2, 0) is 5.75 Å². The van der Waals surface area contributed by atoms with Crippen molar-refractivity contribution in [2.75, 3.05) is 11.6 Å². The van der Waals surface area contributed by atoms with Crippen molar-refractivity contribution in [3.05, 3.63) is 63.7 Å². The van der Waals surface area contributed by atoms with Crippen LogP contribution < -0.4 is 10.9 Å². The van der Waals surface area contributed by atoms with Crippen molar-refractivity contribution in [3.8, 4) is 11.3 Å². The molecule has 122 valence electrons. The summed E-state index contributed by atoms with van der Waals surface area (Å²) in [5.41, 5.74) is 1.51. The number of carbonyl (C=O) groups is 1. The summed E-state index contributed by atoms with van der Waals surface area (Å²) in [6.45, 7) is 0. The zero-order valence-electron chi connectivity index (χ0n) is 12.8. The third kappa shape index (κ3) is 3.90. The van der Waals surface area contributed by atoms with Gasteiger partial charge in [0.15, 0.2) is 5.13 Å². The number of thiazole rings is 1. The number of anilines is 1. The van der Waals surface area contributed by atoms with Crippen molar-refractivity contribution < 1.29 is 4.79 Å². The Kier molecular flexibility index (Phi) is 5.07.